The number of rotatable bonds is 1. The lowest BCUT2D eigenvalue weighted by Crippen LogP contribution is -2.22. The Bertz CT molecular complexity index is 578. The number of aromatic nitrogens is 2. The van der Waals surface area contributed by atoms with Gasteiger partial charge in [-0.25, -0.2) is 4.68 Å². The second kappa shape index (κ2) is 3.80. The fourth-order valence-electron chi connectivity index (χ4n) is 1.46. The zero-order valence-electron chi connectivity index (χ0n) is 8.88. The summed E-state index contributed by atoms with van der Waals surface area (Å²) in [5.41, 5.74) is -0.958. The number of aryl methyl sites for hydroxylation is 1. The molecule has 0 spiro atoms. The summed E-state index contributed by atoms with van der Waals surface area (Å²) >= 11 is 0. The summed E-state index contributed by atoms with van der Waals surface area (Å²) in [5, 5.41) is 2.30. The van der Waals surface area contributed by atoms with Gasteiger partial charge < -0.3 is 0 Å². The highest BCUT2D eigenvalue weighted by atomic mass is 19.4. The van der Waals surface area contributed by atoms with E-state index in [2.05, 4.69) is 5.10 Å². The van der Waals surface area contributed by atoms with Crippen molar-refractivity contribution in [1.82, 2.24) is 9.78 Å². The summed E-state index contributed by atoms with van der Waals surface area (Å²) in [6.45, 7) is 1.85. The molecule has 1 N–H and O–H groups in total. The number of aromatic amines is 1. The minimum Gasteiger partial charge on any atom is -0.298 e. The summed E-state index contributed by atoms with van der Waals surface area (Å²) in [6, 6.07) is 6.59. The highest BCUT2D eigenvalue weighted by molar-refractivity contribution is 5.34. The molecule has 0 saturated heterocycles. The standard InChI is InChI=1S/C11H9F3N2O/c1-7-2-4-8(5-3-7)16-10(17)9(6-15-16)11(12,13)14/h2-6,15H,1H3. The Hall–Kier alpha value is -1.98. The first-order valence-electron chi connectivity index (χ1n) is 4.84. The maximum atomic E-state index is 12.4. The molecule has 0 aliphatic carbocycles. The average molecular weight is 242 g/mol. The van der Waals surface area contributed by atoms with E-state index in [4.69, 9.17) is 0 Å². The second-order valence-corrected chi connectivity index (χ2v) is 3.66. The number of nitrogens with zero attached hydrogens (tertiary/aromatic N) is 1. The monoisotopic (exact) mass is 242 g/mol. The van der Waals surface area contributed by atoms with Gasteiger partial charge in [0.15, 0.2) is 0 Å². The molecular formula is C11H9F3N2O. The SMILES string of the molecule is Cc1ccc(-n2[nH]cc(C(F)(F)F)c2=O)cc1. The van der Waals surface area contributed by atoms with Crippen LogP contribution < -0.4 is 5.56 Å². The molecule has 1 aromatic heterocycles. The van der Waals surface area contributed by atoms with Crippen LogP contribution in [0, 0.1) is 6.92 Å². The topological polar surface area (TPSA) is 37.8 Å². The van der Waals surface area contributed by atoms with E-state index in [0.717, 1.165) is 10.2 Å². The summed E-state index contributed by atoms with van der Waals surface area (Å²) in [6.07, 6.45) is -3.97. The van der Waals surface area contributed by atoms with Crippen LogP contribution in [0.15, 0.2) is 35.3 Å². The van der Waals surface area contributed by atoms with E-state index in [-0.39, 0.29) is 0 Å². The molecule has 0 aliphatic heterocycles. The van der Waals surface area contributed by atoms with E-state index in [9.17, 15) is 18.0 Å². The number of hydrogen-bond donors (Lipinski definition) is 1. The van der Waals surface area contributed by atoms with Gasteiger partial charge in [0.1, 0.15) is 5.56 Å². The van der Waals surface area contributed by atoms with E-state index in [0.29, 0.717) is 11.9 Å². The summed E-state index contributed by atoms with van der Waals surface area (Å²) in [7, 11) is 0. The molecule has 0 aliphatic rings. The number of hydrogen-bond acceptors (Lipinski definition) is 1. The van der Waals surface area contributed by atoms with Crippen molar-refractivity contribution in [1.29, 1.82) is 0 Å². The lowest BCUT2D eigenvalue weighted by atomic mass is 10.2. The molecule has 1 aromatic carbocycles. The van der Waals surface area contributed by atoms with Crippen molar-refractivity contribution in [3.05, 3.63) is 51.9 Å². The Kier molecular flexibility index (Phi) is 2.57. The van der Waals surface area contributed by atoms with E-state index in [1.165, 1.54) is 0 Å². The van der Waals surface area contributed by atoms with Crippen LogP contribution in [0.2, 0.25) is 0 Å². The van der Waals surface area contributed by atoms with Gasteiger partial charge in [-0.05, 0) is 19.1 Å². The maximum absolute atomic E-state index is 12.4. The van der Waals surface area contributed by atoms with Crippen LogP contribution in [-0.2, 0) is 6.18 Å². The fourth-order valence-corrected chi connectivity index (χ4v) is 1.46. The molecule has 1 heterocycles. The molecule has 2 rings (SSSR count). The van der Waals surface area contributed by atoms with Gasteiger partial charge in [0.05, 0.1) is 5.69 Å². The molecule has 0 radical (unpaired) electrons. The van der Waals surface area contributed by atoms with Crippen LogP contribution in [0.1, 0.15) is 11.1 Å². The Labute approximate surface area is 94.5 Å². The number of halogens is 3. The first-order chi connectivity index (χ1) is 7.89. The molecule has 0 fully saturated rings. The van der Waals surface area contributed by atoms with Gasteiger partial charge in [-0.15, -0.1) is 0 Å². The zero-order chi connectivity index (χ0) is 12.6. The van der Waals surface area contributed by atoms with Crippen molar-refractivity contribution in [3.8, 4) is 5.69 Å². The van der Waals surface area contributed by atoms with Crippen LogP contribution in [0.3, 0.4) is 0 Å². The zero-order valence-corrected chi connectivity index (χ0v) is 8.88. The van der Waals surface area contributed by atoms with Crippen molar-refractivity contribution in [2.75, 3.05) is 0 Å². The largest absolute Gasteiger partial charge is 0.423 e. The Morgan fingerprint density at radius 1 is 1.18 bits per heavy atom. The molecular weight excluding hydrogens is 233 g/mol. The summed E-state index contributed by atoms with van der Waals surface area (Å²) < 4.78 is 38.1. The maximum Gasteiger partial charge on any atom is 0.423 e. The molecule has 90 valence electrons. The Balaban J connectivity index is 2.52. The van der Waals surface area contributed by atoms with Gasteiger partial charge in [0.2, 0.25) is 0 Å². The number of H-pyrrole nitrogens is 1. The smallest absolute Gasteiger partial charge is 0.298 e. The number of alkyl halides is 3. The van der Waals surface area contributed by atoms with Crippen molar-refractivity contribution in [3.63, 3.8) is 0 Å². The van der Waals surface area contributed by atoms with E-state index >= 15 is 0 Å². The van der Waals surface area contributed by atoms with Crippen molar-refractivity contribution in [2.45, 2.75) is 13.1 Å². The van der Waals surface area contributed by atoms with Crippen molar-refractivity contribution < 1.29 is 13.2 Å². The van der Waals surface area contributed by atoms with Gasteiger partial charge in [0.25, 0.3) is 5.56 Å². The fraction of sp³-hybridized carbons (Fsp3) is 0.182. The molecule has 0 bridgehead atoms. The summed E-state index contributed by atoms with van der Waals surface area (Å²) in [4.78, 5) is 11.5. The predicted molar refractivity (Wildman–Crippen MR) is 56.1 cm³/mol. The van der Waals surface area contributed by atoms with Gasteiger partial charge in [-0.3, -0.25) is 9.89 Å². The van der Waals surface area contributed by atoms with Crippen LogP contribution in [0.25, 0.3) is 5.69 Å². The molecule has 3 nitrogen and oxygen atoms in total. The summed E-state index contributed by atoms with van der Waals surface area (Å²) in [5.74, 6) is 0. The van der Waals surface area contributed by atoms with Crippen molar-refractivity contribution in [2.24, 2.45) is 0 Å². The van der Waals surface area contributed by atoms with Gasteiger partial charge in [0, 0.05) is 6.20 Å². The molecule has 0 unspecified atom stereocenters. The Morgan fingerprint density at radius 2 is 1.76 bits per heavy atom. The van der Waals surface area contributed by atoms with Gasteiger partial charge >= 0.3 is 6.18 Å². The first kappa shape index (κ1) is 11.5. The molecule has 0 saturated carbocycles. The number of benzene rings is 1. The average Bonchev–Trinajstić information content (AvgIpc) is 2.61. The highest BCUT2D eigenvalue weighted by Crippen LogP contribution is 2.26. The Morgan fingerprint density at radius 3 is 2.24 bits per heavy atom. The quantitative estimate of drug-likeness (QED) is 0.819. The highest BCUT2D eigenvalue weighted by Gasteiger charge is 2.35. The third-order valence-electron chi connectivity index (χ3n) is 2.37. The lowest BCUT2D eigenvalue weighted by Gasteiger charge is -2.02. The van der Waals surface area contributed by atoms with E-state index in [1.54, 1.807) is 24.3 Å². The normalized spacial score (nSPS) is 11.8. The third-order valence-corrected chi connectivity index (χ3v) is 2.37. The van der Waals surface area contributed by atoms with E-state index in [1.807, 2.05) is 6.92 Å². The van der Waals surface area contributed by atoms with Crippen LogP contribution in [-0.4, -0.2) is 9.78 Å². The molecule has 6 heteroatoms. The van der Waals surface area contributed by atoms with Crippen molar-refractivity contribution >= 4 is 0 Å². The minimum atomic E-state index is -4.64. The first-order valence-corrected chi connectivity index (χ1v) is 4.84. The number of nitrogens with one attached hydrogen (secondary N) is 1. The lowest BCUT2D eigenvalue weighted by molar-refractivity contribution is -0.138. The molecule has 0 atom stereocenters. The van der Waals surface area contributed by atoms with Crippen LogP contribution >= 0.6 is 0 Å². The van der Waals surface area contributed by atoms with E-state index < -0.39 is 17.3 Å². The molecule has 2 aromatic rings. The predicted octanol–water partition coefficient (Wildman–Crippen LogP) is 2.49. The minimum absolute atomic E-state index is 0.371. The second-order valence-electron chi connectivity index (χ2n) is 3.66. The van der Waals surface area contributed by atoms with Gasteiger partial charge in [-0.1, -0.05) is 17.7 Å². The third kappa shape index (κ3) is 2.11. The molecule has 0 amide bonds. The van der Waals surface area contributed by atoms with Crippen LogP contribution in [0.4, 0.5) is 13.2 Å². The van der Waals surface area contributed by atoms with Gasteiger partial charge in [-0.2, -0.15) is 13.2 Å². The van der Waals surface area contributed by atoms with Crippen LogP contribution in [0.5, 0.6) is 0 Å². The molecule has 17 heavy (non-hydrogen) atoms.